The molecule has 192 valence electrons. The Bertz CT molecular complexity index is 1740. The maximum Gasteiger partial charge on any atom is 0.277 e. The van der Waals surface area contributed by atoms with Crippen LogP contribution in [0.2, 0.25) is 0 Å². The standard InChI is InChI=1S/C27H23N5O5S/c33-26(30-34)19-16-28-27(29-17-19)31-12-14-32(15-13-31)38(35,36)20-10-8-18(9-11-20)21-5-3-6-23-22-4-1-2-7-24(22)37-25(21)23/h1-11,16-17,34H,12-15H2,(H,30,33). The summed E-state index contributed by atoms with van der Waals surface area (Å²) < 4.78 is 34.3. The molecule has 1 amide bonds. The fourth-order valence-electron chi connectivity index (χ4n) is 4.72. The summed E-state index contributed by atoms with van der Waals surface area (Å²) in [6.45, 7) is 1.34. The third kappa shape index (κ3) is 4.16. The van der Waals surface area contributed by atoms with E-state index < -0.39 is 15.9 Å². The molecule has 0 saturated carbocycles. The number of aromatic nitrogens is 2. The molecule has 1 aliphatic rings. The fraction of sp³-hybridized carbons (Fsp3) is 0.148. The first-order valence-electron chi connectivity index (χ1n) is 12.0. The first-order valence-corrected chi connectivity index (χ1v) is 13.4. The molecule has 0 unspecified atom stereocenters. The minimum absolute atomic E-state index is 0.123. The highest BCUT2D eigenvalue weighted by molar-refractivity contribution is 7.89. The number of amides is 1. The van der Waals surface area contributed by atoms with Gasteiger partial charge in [0.05, 0.1) is 10.5 Å². The Morgan fingerprint density at radius 1 is 0.868 bits per heavy atom. The molecule has 2 aromatic heterocycles. The van der Waals surface area contributed by atoms with Crippen molar-refractivity contribution >= 4 is 43.8 Å². The topological polar surface area (TPSA) is 129 Å². The van der Waals surface area contributed by atoms with E-state index in [-0.39, 0.29) is 23.5 Å². The number of rotatable bonds is 5. The van der Waals surface area contributed by atoms with E-state index in [1.54, 1.807) is 12.1 Å². The summed E-state index contributed by atoms with van der Waals surface area (Å²) >= 11 is 0. The Morgan fingerprint density at radius 3 is 2.26 bits per heavy atom. The number of furan rings is 1. The maximum absolute atomic E-state index is 13.4. The van der Waals surface area contributed by atoms with Crippen LogP contribution in [0.1, 0.15) is 10.4 Å². The molecule has 3 aromatic carbocycles. The number of fused-ring (bicyclic) bond motifs is 3. The highest BCUT2D eigenvalue weighted by atomic mass is 32.2. The van der Waals surface area contributed by atoms with Crippen molar-refractivity contribution in [2.75, 3.05) is 31.1 Å². The van der Waals surface area contributed by atoms with Gasteiger partial charge in [0.25, 0.3) is 5.91 Å². The van der Waals surface area contributed by atoms with Crippen LogP contribution in [0, 0.1) is 0 Å². The van der Waals surface area contributed by atoms with Gasteiger partial charge in [0.1, 0.15) is 11.2 Å². The van der Waals surface area contributed by atoms with E-state index in [1.807, 2.05) is 59.5 Å². The largest absolute Gasteiger partial charge is 0.455 e. The van der Waals surface area contributed by atoms with Gasteiger partial charge in [0.2, 0.25) is 16.0 Å². The van der Waals surface area contributed by atoms with Crippen molar-refractivity contribution in [3.8, 4) is 11.1 Å². The molecule has 0 spiro atoms. The number of hydroxylamine groups is 1. The number of sulfonamides is 1. The Hall–Kier alpha value is -4.32. The Labute approximate surface area is 218 Å². The van der Waals surface area contributed by atoms with Crippen molar-refractivity contribution in [2.45, 2.75) is 4.90 Å². The van der Waals surface area contributed by atoms with Crippen molar-refractivity contribution < 1.29 is 22.8 Å². The number of hydrogen-bond acceptors (Lipinski definition) is 8. The number of carbonyl (C=O) groups excluding carboxylic acids is 1. The lowest BCUT2D eigenvalue weighted by atomic mass is 10.0. The lowest BCUT2D eigenvalue weighted by molar-refractivity contribution is 0.0705. The number of para-hydroxylation sites is 2. The predicted octanol–water partition coefficient (Wildman–Crippen LogP) is 3.67. The third-order valence-electron chi connectivity index (χ3n) is 6.73. The zero-order valence-corrected chi connectivity index (χ0v) is 20.9. The van der Waals surface area contributed by atoms with Crippen molar-refractivity contribution in [2.24, 2.45) is 0 Å². The van der Waals surface area contributed by atoms with Crippen LogP contribution in [-0.4, -0.2) is 60.0 Å². The molecular formula is C27H23N5O5S. The number of benzene rings is 3. The van der Waals surface area contributed by atoms with Gasteiger partial charge in [-0.05, 0) is 23.8 Å². The van der Waals surface area contributed by atoms with Gasteiger partial charge >= 0.3 is 0 Å². The minimum Gasteiger partial charge on any atom is -0.455 e. The van der Waals surface area contributed by atoms with E-state index in [2.05, 4.69) is 9.97 Å². The molecule has 10 nitrogen and oxygen atoms in total. The Balaban J connectivity index is 1.19. The van der Waals surface area contributed by atoms with Crippen molar-refractivity contribution in [3.05, 3.63) is 84.7 Å². The Kier molecular flexibility index (Phi) is 6.03. The normalized spacial score (nSPS) is 14.7. The highest BCUT2D eigenvalue weighted by Crippen LogP contribution is 2.36. The summed E-state index contributed by atoms with van der Waals surface area (Å²) in [4.78, 5) is 21.8. The van der Waals surface area contributed by atoms with E-state index >= 15 is 0 Å². The highest BCUT2D eigenvalue weighted by Gasteiger charge is 2.29. The average Bonchev–Trinajstić information content (AvgIpc) is 3.36. The van der Waals surface area contributed by atoms with Gasteiger partial charge in [0.15, 0.2) is 0 Å². The van der Waals surface area contributed by atoms with Crippen LogP contribution >= 0.6 is 0 Å². The van der Waals surface area contributed by atoms with E-state index in [0.29, 0.717) is 19.0 Å². The molecule has 38 heavy (non-hydrogen) atoms. The zero-order chi connectivity index (χ0) is 26.3. The van der Waals surface area contributed by atoms with E-state index in [4.69, 9.17) is 9.62 Å². The van der Waals surface area contributed by atoms with E-state index in [9.17, 15) is 13.2 Å². The number of anilines is 1. The van der Waals surface area contributed by atoms with Crippen LogP contribution in [0.25, 0.3) is 33.1 Å². The van der Waals surface area contributed by atoms with Crippen molar-refractivity contribution in [1.82, 2.24) is 19.8 Å². The monoisotopic (exact) mass is 529 g/mol. The van der Waals surface area contributed by atoms with Crippen molar-refractivity contribution in [1.29, 1.82) is 0 Å². The molecule has 0 atom stereocenters. The first-order chi connectivity index (χ1) is 18.5. The summed E-state index contributed by atoms with van der Waals surface area (Å²) in [6, 6.07) is 20.7. The lowest BCUT2D eigenvalue weighted by Gasteiger charge is -2.34. The van der Waals surface area contributed by atoms with Crippen LogP contribution in [0.5, 0.6) is 0 Å². The van der Waals surface area contributed by atoms with Gasteiger partial charge in [-0.25, -0.2) is 23.9 Å². The zero-order valence-electron chi connectivity index (χ0n) is 20.1. The first kappa shape index (κ1) is 24.0. The second kappa shape index (κ2) is 9.53. The van der Waals surface area contributed by atoms with Gasteiger partial charge in [-0.15, -0.1) is 0 Å². The summed E-state index contributed by atoms with van der Waals surface area (Å²) in [5, 5.41) is 10.8. The van der Waals surface area contributed by atoms with E-state index in [0.717, 1.165) is 33.1 Å². The smallest absolute Gasteiger partial charge is 0.277 e. The summed E-state index contributed by atoms with van der Waals surface area (Å²) in [5.74, 6) is -0.312. The van der Waals surface area contributed by atoms with Crippen LogP contribution in [0.4, 0.5) is 5.95 Å². The van der Waals surface area contributed by atoms with Crippen LogP contribution in [0.3, 0.4) is 0 Å². The lowest BCUT2D eigenvalue weighted by Crippen LogP contribution is -2.49. The van der Waals surface area contributed by atoms with Crippen LogP contribution < -0.4 is 10.4 Å². The third-order valence-corrected chi connectivity index (χ3v) is 8.64. The van der Waals surface area contributed by atoms with Crippen LogP contribution in [0.15, 0.2) is 88.4 Å². The molecule has 2 N–H and O–H groups in total. The molecule has 6 rings (SSSR count). The second-order valence-corrected chi connectivity index (χ2v) is 10.8. The number of hydrogen-bond donors (Lipinski definition) is 2. The number of carbonyl (C=O) groups is 1. The summed E-state index contributed by atoms with van der Waals surface area (Å²) in [6.07, 6.45) is 2.62. The fourth-order valence-corrected chi connectivity index (χ4v) is 6.15. The summed E-state index contributed by atoms with van der Waals surface area (Å²) in [5.41, 5.74) is 5.01. The number of nitrogens with one attached hydrogen (secondary N) is 1. The molecule has 3 heterocycles. The van der Waals surface area contributed by atoms with Gasteiger partial charge in [0, 0.05) is 54.9 Å². The van der Waals surface area contributed by atoms with Gasteiger partial charge in [-0.1, -0.05) is 48.5 Å². The molecule has 1 fully saturated rings. The number of nitrogens with zero attached hydrogens (tertiary/aromatic N) is 4. The van der Waals surface area contributed by atoms with Gasteiger partial charge in [-0.3, -0.25) is 10.0 Å². The van der Waals surface area contributed by atoms with Gasteiger partial charge in [-0.2, -0.15) is 4.31 Å². The molecule has 11 heteroatoms. The second-order valence-electron chi connectivity index (χ2n) is 8.91. The SMILES string of the molecule is O=C(NO)c1cnc(N2CCN(S(=O)(=O)c3ccc(-c4cccc5c4oc4ccccc45)cc3)CC2)nc1. The molecule has 1 saturated heterocycles. The molecule has 1 aliphatic heterocycles. The molecular weight excluding hydrogens is 506 g/mol. The maximum atomic E-state index is 13.4. The minimum atomic E-state index is -3.69. The molecule has 5 aromatic rings. The van der Waals surface area contributed by atoms with Crippen LogP contribution in [-0.2, 0) is 10.0 Å². The average molecular weight is 530 g/mol. The van der Waals surface area contributed by atoms with Gasteiger partial charge < -0.3 is 9.32 Å². The number of piperazine rings is 1. The molecule has 0 aliphatic carbocycles. The Morgan fingerprint density at radius 2 is 1.55 bits per heavy atom. The quantitative estimate of drug-likeness (QED) is 0.261. The van der Waals surface area contributed by atoms with Crippen molar-refractivity contribution in [3.63, 3.8) is 0 Å². The predicted molar refractivity (Wildman–Crippen MR) is 141 cm³/mol. The summed E-state index contributed by atoms with van der Waals surface area (Å²) in [7, 11) is -3.69. The van der Waals surface area contributed by atoms with E-state index in [1.165, 1.54) is 22.2 Å². The molecule has 0 bridgehead atoms. The molecule has 0 radical (unpaired) electrons.